The van der Waals surface area contributed by atoms with Gasteiger partial charge in [-0.05, 0) is 57.0 Å². The molecule has 2 aromatic carbocycles. The first-order valence-electron chi connectivity index (χ1n) is 11.5. The highest BCUT2D eigenvalue weighted by molar-refractivity contribution is 6.08. The third-order valence-electron chi connectivity index (χ3n) is 6.76. The minimum absolute atomic E-state index is 0.290. The van der Waals surface area contributed by atoms with Crippen molar-refractivity contribution in [2.45, 2.75) is 57.9 Å². The van der Waals surface area contributed by atoms with Crippen molar-refractivity contribution in [3.05, 3.63) is 60.3 Å². The van der Waals surface area contributed by atoms with E-state index >= 15 is 0 Å². The molecule has 6 rings (SSSR count). The van der Waals surface area contributed by atoms with Crippen LogP contribution in [0.25, 0.3) is 44.5 Å². The van der Waals surface area contributed by atoms with Crippen LogP contribution >= 0.6 is 0 Å². The Labute approximate surface area is 181 Å². The van der Waals surface area contributed by atoms with E-state index in [9.17, 15) is 0 Å². The molecule has 0 amide bonds. The number of pyridine rings is 1. The van der Waals surface area contributed by atoms with Crippen molar-refractivity contribution in [3.8, 4) is 11.4 Å². The van der Waals surface area contributed by atoms with Crippen LogP contribution in [-0.2, 0) is 0 Å². The van der Waals surface area contributed by atoms with Gasteiger partial charge in [0.1, 0.15) is 11.4 Å². The van der Waals surface area contributed by atoms with Gasteiger partial charge in [0, 0.05) is 28.4 Å². The SMILES string of the molecule is CC(C)n1c(-c2cccc3c2oc2nc(C4CCCCC4)ccc23)nc2ccccc21. The summed E-state index contributed by atoms with van der Waals surface area (Å²) in [6, 6.07) is 19.4. The number of benzene rings is 2. The molecule has 0 atom stereocenters. The van der Waals surface area contributed by atoms with Crippen molar-refractivity contribution in [1.82, 2.24) is 14.5 Å². The molecule has 1 aliphatic carbocycles. The summed E-state index contributed by atoms with van der Waals surface area (Å²) in [5, 5.41) is 2.20. The quantitative estimate of drug-likeness (QED) is 0.308. The van der Waals surface area contributed by atoms with E-state index in [1.807, 2.05) is 6.07 Å². The van der Waals surface area contributed by atoms with Crippen LogP contribution in [0.4, 0.5) is 0 Å². The fourth-order valence-corrected chi connectivity index (χ4v) is 5.25. The maximum Gasteiger partial charge on any atom is 0.227 e. The van der Waals surface area contributed by atoms with Crippen LogP contribution in [0, 0.1) is 0 Å². The first kappa shape index (κ1) is 18.6. The highest BCUT2D eigenvalue weighted by Crippen LogP contribution is 2.38. The number of nitrogens with zero attached hydrogens (tertiary/aromatic N) is 3. The summed E-state index contributed by atoms with van der Waals surface area (Å²) in [5.74, 6) is 1.52. The number of furan rings is 1. The zero-order valence-corrected chi connectivity index (χ0v) is 18.1. The molecular weight excluding hydrogens is 382 g/mol. The number of para-hydroxylation sites is 3. The molecular formula is C27H27N3O. The van der Waals surface area contributed by atoms with Gasteiger partial charge in [0.05, 0.1) is 16.6 Å². The van der Waals surface area contributed by atoms with Crippen molar-refractivity contribution < 1.29 is 4.42 Å². The van der Waals surface area contributed by atoms with Gasteiger partial charge in [-0.1, -0.05) is 43.5 Å². The summed E-state index contributed by atoms with van der Waals surface area (Å²) >= 11 is 0. The van der Waals surface area contributed by atoms with E-state index in [-0.39, 0.29) is 6.04 Å². The molecule has 0 radical (unpaired) electrons. The molecule has 31 heavy (non-hydrogen) atoms. The summed E-state index contributed by atoms with van der Waals surface area (Å²) in [5.41, 5.74) is 6.00. The van der Waals surface area contributed by atoms with Crippen molar-refractivity contribution in [2.75, 3.05) is 0 Å². The van der Waals surface area contributed by atoms with E-state index in [4.69, 9.17) is 14.4 Å². The van der Waals surface area contributed by atoms with Crippen molar-refractivity contribution in [3.63, 3.8) is 0 Å². The summed E-state index contributed by atoms with van der Waals surface area (Å²) in [6.07, 6.45) is 6.44. The van der Waals surface area contributed by atoms with Gasteiger partial charge in [-0.15, -0.1) is 0 Å². The van der Waals surface area contributed by atoms with Crippen LogP contribution in [0.15, 0.2) is 59.0 Å². The number of hydrogen-bond donors (Lipinski definition) is 0. The van der Waals surface area contributed by atoms with Gasteiger partial charge in [-0.3, -0.25) is 0 Å². The number of hydrogen-bond acceptors (Lipinski definition) is 3. The van der Waals surface area contributed by atoms with E-state index in [0.29, 0.717) is 5.92 Å². The zero-order chi connectivity index (χ0) is 20.9. The molecule has 1 fully saturated rings. The van der Waals surface area contributed by atoms with Crippen LogP contribution < -0.4 is 0 Å². The Morgan fingerprint density at radius 1 is 0.871 bits per heavy atom. The molecule has 3 heterocycles. The lowest BCUT2D eigenvalue weighted by molar-refractivity contribution is 0.436. The average Bonchev–Trinajstić information content (AvgIpc) is 3.37. The summed E-state index contributed by atoms with van der Waals surface area (Å²) in [4.78, 5) is 9.98. The van der Waals surface area contributed by atoms with E-state index in [1.54, 1.807) is 0 Å². The maximum atomic E-state index is 6.44. The number of imidazole rings is 1. The largest absolute Gasteiger partial charge is 0.437 e. The molecule has 156 valence electrons. The molecule has 5 aromatic rings. The summed E-state index contributed by atoms with van der Waals surface area (Å²) < 4.78 is 8.74. The second kappa shape index (κ2) is 7.23. The Hall–Kier alpha value is -3.14. The molecule has 0 saturated heterocycles. The first-order valence-corrected chi connectivity index (χ1v) is 11.5. The maximum absolute atomic E-state index is 6.44. The van der Waals surface area contributed by atoms with Gasteiger partial charge in [-0.2, -0.15) is 0 Å². The molecule has 0 unspecified atom stereocenters. The number of rotatable bonds is 3. The van der Waals surface area contributed by atoms with E-state index in [2.05, 4.69) is 66.9 Å². The monoisotopic (exact) mass is 409 g/mol. The third-order valence-corrected chi connectivity index (χ3v) is 6.76. The van der Waals surface area contributed by atoms with Crippen molar-refractivity contribution >= 4 is 33.1 Å². The van der Waals surface area contributed by atoms with E-state index < -0.39 is 0 Å². The van der Waals surface area contributed by atoms with Crippen LogP contribution in [0.5, 0.6) is 0 Å². The molecule has 4 heteroatoms. The van der Waals surface area contributed by atoms with E-state index in [0.717, 1.165) is 44.5 Å². The van der Waals surface area contributed by atoms with Gasteiger partial charge in [-0.25, -0.2) is 9.97 Å². The predicted octanol–water partition coefficient (Wildman–Crippen LogP) is 7.63. The fourth-order valence-electron chi connectivity index (χ4n) is 5.25. The van der Waals surface area contributed by atoms with Crippen molar-refractivity contribution in [2.24, 2.45) is 0 Å². The molecule has 1 saturated carbocycles. The Kier molecular flexibility index (Phi) is 4.34. The number of aromatic nitrogens is 3. The first-order chi connectivity index (χ1) is 15.2. The Morgan fingerprint density at radius 3 is 2.55 bits per heavy atom. The minimum Gasteiger partial charge on any atom is -0.437 e. The third kappa shape index (κ3) is 2.96. The van der Waals surface area contributed by atoms with Gasteiger partial charge in [0.2, 0.25) is 5.71 Å². The smallest absolute Gasteiger partial charge is 0.227 e. The van der Waals surface area contributed by atoms with Crippen molar-refractivity contribution in [1.29, 1.82) is 0 Å². The fraction of sp³-hybridized carbons (Fsp3) is 0.333. The Morgan fingerprint density at radius 2 is 1.71 bits per heavy atom. The standard InChI is InChI=1S/C27H27N3O/c1-17(2)30-24-14-7-6-13-23(24)28-26(30)21-12-8-11-19-20-15-16-22(18-9-4-3-5-10-18)29-27(20)31-25(19)21/h6-8,11-18H,3-5,9-10H2,1-2H3. The van der Waals surface area contributed by atoms with Gasteiger partial charge >= 0.3 is 0 Å². The predicted molar refractivity (Wildman–Crippen MR) is 126 cm³/mol. The molecule has 4 nitrogen and oxygen atoms in total. The second-order valence-corrected chi connectivity index (χ2v) is 9.10. The second-order valence-electron chi connectivity index (χ2n) is 9.10. The highest BCUT2D eigenvalue weighted by Gasteiger charge is 2.22. The Balaban J connectivity index is 1.56. The molecule has 0 aliphatic heterocycles. The van der Waals surface area contributed by atoms with Crippen LogP contribution in [0.3, 0.4) is 0 Å². The molecule has 0 spiro atoms. The van der Waals surface area contributed by atoms with Crippen LogP contribution in [0.1, 0.15) is 63.6 Å². The average molecular weight is 410 g/mol. The highest BCUT2D eigenvalue weighted by atomic mass is 16.3. The van der Waals surface area contributed by atoms with Crippen LogP contribution in [-0.4, -0.2) is 14.5 Å². The van der Waals surface area contributed by atoms with Gasteiger partial charge in [0.15, 0.2) is 0 Å². The lowest BCUT2D eigenvalue weighted by Crippen LogP contribution is -2.06. The van der Waals surface area contributed by atoms with Gasteiger partial charge in [0.25, 0.3) is 0 Å². The zero-order valence-electron chi connectivity index (χ0n) is 18.1. The molecule has 1 aliphatic rings. The molecule has 0 N–H and O–H groups in total. The normalized spacial score (nSPS) is 15.6. The van der Waals surface area contributed by atoms with Crippen LogP contribution in [0.2, 0.25) is 0 Å². The molecule has 3 aromatic heterocycles. The molecule has 0 bridgehead atoms. The lowest BCUT2D eigenvalue weighted by Gasteiger charge is -2.20. The number of fused-ring (bicyclic) bond motifs is 4. The Bertz CT molecular complexity index is 1400. The van der Waals surface area contributed by atoms with E-state index in [1.165, 1.54) is 37.8 Å². The topological polar surface area (TPSA) is 43.9 Å². The lowest BCUT2D eigenvalue weighted by atomic mass is 9.86. The summed E-state index contributed by atoms with van der Waals surface area (Å²) in [7, 11) is 0. The van der Waals surface area contributed by atoms with Gasteiger partial charge < -0.3 is 8.98 Å². The minimum atomic E-state index is 0.290. The summed E-state index contributed by atoms with van der Waals surface area (Å²) in [6.45, 7) is 4.41.